The zero-order valence-electron chi connectivity index (χ0n) is 19.1. The summed E-state index contributed by atoms with van der Waals surface area (Å²) >= 11 is 0. The number of methoxy groups -OCH3 is 1. The van der Waals surface area contributed by atoms with Crippen molar-refractivity contribution in [1.29, 1.82) is 0 Å². The minimum atomic E-state index is -1.00. The molecule has 3 amide bonds. The first-order valence-electron chi connectivity index (χ1n) is 10.8. The molecule has 11 heteroatoms. The molecule has 0 fully saturated rings. The monoisotopic (exact) mass is 473 g/mol. The first-order valence-corrected chi connectivity index (χ1v) is 10.8. The summed E-state index contributed by atoms with van der Waals surface area (Å²) in [7, 11) is 1.62. The van der Waals surface area contributed by atoms with Crippen molar-refractivity contribution in [1.82, 2.24) is 20.5 Å². The maximum absolute atomic E-state index is 13.1. The van der Waals surface area contributed by atoms with E-state index in [2.05, 4.69) is 20.8 Å². The third-order valence-electron chi connectivity index (χ3n) is 5.82. The molecule has 5 aromatic rings. The number of imide groups is 1. The molecule has 0 atom stereocenters. The number of aromatic amines is 1. The Morgan fingerprint density at radius 3 is 2.80 bits per heavy atom. The van der Waals surface area contributed by atoms with Gasteiger partial charge in [-0.25, -0.2) is 9.78 Å². The molecule has 0 radical (unpaired) electrons. The average molecular weight is 473 g/mol. The van der Waals surface area contributed by atoms with Gasteiger partial charge in [0.25, 0.3) is 5.91 Å². The number of ether oxygens (including phenoxy) is 1. The Morgan fingerprint density at radius 2 is 2.03 bits per heavy atom. The minimum absolute atomic E-state index is 0.00286. The normalized spacial score (nSPS) is 11.4. The van der Waals surface area contributed by atoms with Crippen molar-refractivity contribution < 1.29 is 18.7 Å². The van der Waals surface area contributed by atoms with Crippen LogP contribution in [-0.4, -0.2) is 47.4 Å². The Balaban J connectivity index is 1.82. The van der Waals surface area contributed by atoms with Crippen LogP contribution >= 0.6 is 0 Å². The molecule has 3 heterocycles. The number of nitrogen functional groups attached to an aromatic ring is 1. The number of furan rings is 1. The van der Waals surface area contributed by atoms with E-state index in [4.69, 9.17) is 25.6 Å². The largest absolute Gasteiger partial charge is 0.453 e. The van der Waals surface area contributed by atoms with Crippen LogP contribution in [0.5, 0.6) is 0 Å². The molecule has 178 valence electrons. The number of benzene rings is 2. The number of urea groups is 1. The molecule has 7 N–H and O–H groups in total. The van der Waals surface area contributed by atoms with E-state index in [0.717, 1.165) is 22.0 Å². The van der Waals surface area contributed by atoms with Gasteiger partial charge in [-0.2, -0.15) is 5.10 Å². The topological polar surface area (TPSA) is 174 Å². The number of anilines is 2. The summed E-state index contributed by atoms with van der Waals surface area (Å²) < 4.78 is 11.1. The molecule has 0 saturated carbocycles. The van der Waals surface area contributed by atoms with Crippen LogP contribution < -0.4 is 22.1 Å². The number of hydrogen-bond acceptors (Lipinski definition) is 8. The van der Waals surface area contributed by atoms with Crippen molar-refractivity contribution >= 4 is 56.4 Å². The van der Waals surface area contributed by atoms with E-state index in [1.54, 1.807) is 25.4 Å². The van der Waals surface area contributed by atoms with Crippen LogP contribution in [0.25, 0.3) is 44.1 Å². The molecule has 3 aromatic heterocycles. The molecule has 35 heavy (non-hydrogen) atoms. The van der Waals surface area contributed by atoms with Gasteiger partial charge < -0.3 is 25.9 Å². The number of nitrogens with zero attached hydrogens (tertiary/aromatic N) is 2. The zero-order chi connectivity index (χ0) is 24.7. The summed E-state index contributed by atoms with van der Waals surface area (Å²) in [6, 6.07) is 8.23. The van der Waals surface area contributed by atoms with Crippen molar-refractivity contribution in [3.05, 3.63) is 47.7 Å². The number of nitrogens with two attached hydrogens (primary N) is 2. The van der Waals surface area contributed by atoms with Gasteiger partial charge in [0.1, 0.15) is 16.9 Å². The maximum atomic E-state index is 13.1. The van der Waals surface area contributed by atoms with E-state index in [0.29, 0.717) is 41.0 Å². The summed E-state index contributed by atoms with van der Waals surface area (Å²) in [5, 5.41) is 13.8. The van der Waals surface area contributed by atoms with Crippen LogP contribution in [0.2, 0.25) is 0 Å². The number of rotatable bonds is 6. The minimum Gasteiger partial charge on any atom is -0.453 e. The SMILES string of the molecule is COCCNc1ccc2oc3c(C(=O)NC(N)=O)c(N)c(-c4c(C)ccc5[nH]ncc45)cc3c2n1. The quantitative estimate of drug-likeness (QED) is 0.184. The number of carbonyl (C=O) groups excluding carboxylic acids is 2. The van der Waals surface area contributed by atoms with Gasteiger partial charge in [0.2, 0.25) is 0 Å². The Hall–Kier alpha value is -4.64. The van der Waals surface area contributed by atoms with Gasteiger partial charge in [-0.05, 0) is 42.3 Å². The summed E-state index contributed by atoms with van der Waals surface area (Å²) in [6.45, 7) is 3.02. The number of hydrogen-bond donors (Lipinski definition) is 5. The molecule has 0 bridgehead atoms. The highest BCUT2D eigenvalue weighted by Gasteiger charge is 2.26. The first kappa shape index (κ1) is 22.2. The second-order valence-corrected chi connectivity index (χ2v) is 8.06. The maximum Gasteiger partial charge on any atom is 0.319 e. The van der Waals surface area contributed by atoms with Crippen LogP contribution in [0.3, 0.4) is 0 Å². The predicted molar refractivity (Wildman–Crippen MR) is 133 cm³/mol. The summed E-state index contributed by atoms with van der Waals surface area (Å²) in [6.07, 6.45) is 1.70. The van der Waals surface area contributed by atoms with Gasteiger partial charge in [-0.15, -0.1) is 0 Å². The molecule has 0 aliphatic carbocycles. The van der Waals surface area contributed by atoms with Gasteiger partial charge in [0, 0.05) is 30.0 Å². The molecular weight excluding hydrogens is 450 g/mol. The van der Waals surface area contributed by atoms with Crippen molar-refractivity contribution in [3.63, 3.8) is 0 Å². The van der Waals surface area contributed by atoms with E-state index in [-0.39, 0.29) is 16.8 Å². The average Bonchev–Trinajstić information content (AvgIpc) is 3.43. The predicted octanol–water partition coefficient (Wildman–Crippen LogP) is 3.28. The first-order chi connectivity index (χ1) is 16.9. The number of nitrogens with one attached hydrogen (secondary N) is 3. The Bertz CT molecular complexity index is 1620. The van der Waals surface area contributed by atoms with Crippen molar-refractivity contribution in [3.8, 4) is 11.1 Å². The fourth-order valence-electron chi connectivity index (χ4n) is 4.26. The Kier molecular flexibility index (Phi) is 5.46. The number of amides is 3. The number of aromatic nitrogens is 3. The van der Waals surface area contributed by atoms with E-state index >= 15 is 0 Å². The lowest BCUT2D eigenvalue weighted by Crippen LogP contribution is -2.35. The molecule has 0 aliphatic heterocycles. The number of H-pyrrole nitrogens is 1. The number of primary amides is 1. The van der Waals surface area contributed by atoms with Gasteiger partial charge in [-0.3, -0.25) is 15.2 Å². The Labute approximate surface area is 198 Å². The molecule has 0 aliphatic rings. The summed E-state index contributed by atoms with van der Waals surface area (Å²) in [4.78, 5) is 29.3. The highest BCUT2D eigenvalue weighted by atomic mass is 16.5. The molecule has 0 unspecified atom stereocenters. The zero-order valence-corrected chi connectivity index (χ0v) is 19.1. The van der Waals surface area contributed by atoms with Crippen molar-refractivity contribution in [2.75, 3.05) is 31.3 Å². The highest BCUT2D eigenvalue weighted by molar-refractivity contribution is 6.21. The second kappa shape index (κ2) is 8.61. The Morgan fingerprint density at radius 1 is 1.20 bits per heavy atom. The second-order valence-electron chi connectivity index (χ2n) is 8.06. The van der Waals surface area contributed by atoms with Gasteiger partial charge in [0.05, 0.1) is 24.0 Å². The standard InChI is InChI=1S/C24H23N7O4/c1-11-3-4-15-14(10-28-31-15)18(11)12-9-13-21-16(5-6-17(29-21)27-7-8-34-2)35-22(13)19(20(12)25)23(32)30-24(26)33/h3-6,9-10H,7-8,25H2,1-2H3,(H,27,29)(H,28,31)(H3,26,30,32,33). The van der Waals surface area contributed by atoms with E-state index in [1.165, 1.54) is 0 Å². The van der Waals surface area contributed by atoms with Crippen LogP contribution in [0, 0.1) is 6.92 Å². The molecule has 2 aromatic carbocycles. The highest BCUT2D eigenvalue weighted by Crippen LogP contribution is 2.42. The number of aryl methyl sites for hydroxylation is 1. The lowest BCUT2D eigenvalue weighted by Gasteiger charge is -2.14. The molecular formula is C24H23N7O4. The van der Waals surface area contributed by atoms with Crippen LogP contribution in [0.1, 0.15) is 15.9 Å². The molecule has 0 spiro atoms. The molecule has 0 saturated heterocycles. The van der Waals surface area contributed by atoms with Crippen molar-refractivity contribution in [2.45, 2.75) is 6.92 Å². The van der Waals surface area contributed by atoms with Crippen LogP contribution in [0.15, 0.2) is 40.9 Å². The van der Waals surface area contributed by atoms with Gasteiger partial charge >= 0.3 is 6.03 Å². The van der Waals surface area contributed by atoms with Gasteiger partial charge in [-0.1, -0.05) is 6.07 Å². The smallest absolute Gasteiger partial charge is 0.319 e. The van der Waals surface area contributed by atoms with Crippen LogP contribution in [-0.2, 0) is 4.74 Å². The third-order valence-corrected chi connectivity index (χ3v) is 5.82. The van der Waals surface area contributed by atoms with E-state index in [9.17, 15) is 9.59 Å². The molecule has 11 nitrogen and oxygen atoms in total. The van der Waals surface area contributed by atoms with Crippen molar-refractivity contribution in [2.24, 2.45) is 5.73 Å². The number of carbonyl (C=O) groups is 2. The summed E-state index contributed by atoms with van der Waals surface area (Å²) in [5.74, 6) is -0.150. The van der Waals surface area contributed by atoms with E-state index < -0.39 is 11.9 Å². The summed E-state index contributed by atoms with van der Waals surface area (Å²) in [5.41, 5.74) is 16.3. The number of fused-ring (bicyclic) bond motifs is 4. The third kappa shape index (κ3) is 3.77. The fourth-order valence-corrected chi connectivity index (χ4v) is 4.26. The lowest BCUT2D eigenvalue weighted by atomic mass is 9.92. The van der Waals surface area contributed by atoms with Crippen LogP contribution in [0.4, 0.5) is 16.3 Å². The fraction of sp³-hybridized carbons (Fsp3) is 0.167. The van der Waals surface area contributed by atoms with E-state index in [1.807, 2.05) is 25.1 Å². The van der Waals surface area contributed by atoms with Gasteiger partial charge in [0.15, 0.2) is 11.2 Å². The molecule has 5 rings (SSSR count). The lowest BCUT2D eigenvalue weighted by molar-refractivity contribution is 0.0968. The number of pyridine rings is 1.